The van der Waals surface area contributed by atoms with Crippen molar-refractivity contribution in [1.82, 2.24) is 14.5 Å². The molecule has 0 aliphatic heterocycles. The molecule has 2 fully saturated rings. The topological polar surface area (TPSA) is 21.1 Å². The van der Waals surface area contributed by atoms with Crippen molar-refractivity contribution in [1.29, 1.82) is 0 Å². The molecule has 1 aromatic rings. The molecule has 3 nitrogen and oxygen atoms in total. The molecule has 106 valence electrons. The summed E-state index contributed by atoms with van der Waals surface area (Å²) in [5.41, 5.74) is 0. The molecule has 0 atom stereocenters. The Morgan fingerprint density at radius 2 is 2.00 bits per heavy atom. The first kappa shape index (κ1) is 13.2. The largest absolute Gasteiger partial charge is 0.334 e. The highest BCUT2D eigenvalue weighted by molar-refractivity contribution is 4.94. The maximum atomic E-state index is 4.57. The predicted molar refractivity (Wildman–Crippen MR) is 77.9 cm³/mol. The van der Waals surface area contributed by atoms with Gasteiger partial charge in [0, 0.05) is 31.5 Å². The zero-order chi connectivity index (χ0) is 13.1. The van der Waals surface area contributed by atoms with Gasteiger partial charge in [-0.2, -0.15) is 0 Å². The zero-order valence-corrected chi connectivity index (χ0v) is 12.2. The van der Waals surface area contributed by atoms with E-state index in [2.05, 4.69) is 27.6 Å². The van der Waals surface area contributed by atoms with Crippen molar-refractivity contribution < 1.29 is 0 Å². The summed E-state index contributed by atoms with van der Waals surface area (Å²) in [4.78, 5) is 7.31. The summed E-state index contributed by atoms with van der Waals surface area (Å²) in [5.74, 6) is 2.24. The van der Waals surface area contributed by atoms with Crippen LogP contribution in [0.2, 0.25) is 0 Å². The van der Waals surface area contributed by atoms with Crippen LogP contribution in [0, 0.1) is 5.92 Å². The maximum absolute atomic E-state index is 4.57. The van der Waals surface area contributed by atoms with E-state index in [9.17, 15) is 0 Å². The molecule has 2 aliphatic rings. The molecule has 0 N–H and O–H groups in total. The maximum Gasteiger partial charge on any atom is 0.122 e. The molecule has 0 unspecified atom stereocenters. The average Bonchev–Trinajstić information content (AvgIpc) is 3.16. The van der Waals surface area contributed by atoms with Gasteiger partial charge in [-0.05, 0) is 38.5 Å². The minimum atomic E-state index is 0.816. The molecule has 0 spiro atoms. The molecule has 2 aliphatic carbocycles. The average molecular weight is 261 g/mol. The fraction of sp³-hybridized carbons (Fsp3) is 0.812. The summed E-state index contributed by atoms with van der Waals surface area (Å²) in [6.07, 6.45) is 14.1. The van der Waals surface area contributed by atoms with Gasteiger partial charge in [0.25, 0.3) is 0 Å². The van der Waals surface area contributed by atoms with Crippen molar-refractivity contribution in [3.05, 3.63) is 18.2 Å². The van der Waals surface area contributed by atoms with Gasteiger partial charge >= 0.3 is 0 Å². The molecule has 0 bridgehead atoms. The summed E-state index contributed by atoms with van der Waals surface area (Å²) in [6.45, 7) is 5.61. The molecule has 3 heteroatoms. The van der Waals surface area contributed by atoms with Crippen molar-refractivity contribution in [2.45, 2.75) is 71.0 Å². The van der Waals surface area contributed by atoms with Crippen LogP contribution in [0.3, 0.4) is 0 Å². The summed E-state index contributed by atoms with van der Waals surface area (Å²) in [5, 5.41) is 0. The lowest BCUT2D eigenvalue weighted by Crippen LogP contribution is -2.38. The van der Waals surface area contributed by atoms with Gasteiger partial charge in [-0.3, -0.25) is 4.90 Å². The first-order chi connectivity index (χ1) is 9.36. The van der Waals surface area contributed by atoms with Gasteiger partial charge < -0.3 is 4.57 Å². The van der Waals surface area contributed by atoms with Gasteiger partial charge in [-0.15, -0.1) is 0 Å². The molecule has 0 aromatic carbocycles. The van der Waals surface area contributed by atoms with Crippen molar-refractivity contribution in [3.8, 4) is 0 Å². The third-order valence-electron chi connectivity index (χ3n) is 4.77. The number of nitrogens with zero attached hydrogens (tertiary/aromatic N) is 3. The number of hydrogen-bond donors (Lipinski definition) is 0. The van der Waals surface area contributed by atoms with E-state index >= 15 is 0 Å². The van der Waals surface area contributed by atoms with E-state index in [0.29, 0.717) is 0 Å². The smallest absolute Gasteiger partial charge is 0.122 e. The minimum absolute atomic E-state index is 0.816. The van der Waals surface area contributed by atoms with Gasteiger partial charge in [0.2, 0.25) is 0 Å². The molecular weight excluding hydrogens is 234 g/mol. The van der Waals surface area contributed by atoms with E-state index in [1.807, 2.05) is 6.20 Å². The molecule has 1 aromatic heterocycles. The zero-order valence-electron chi connectivity index (χ0n) is 12.2. The molecule has 0 radical (unpaired) electrons. The Labute approximate surface area is 117 Å². The molecule has 2 saturated carbocycles. The van der Waals surface area contributed by atoms with Crippen molar-refractivity contribution in [2.75, 3.05) is 6.54 Å². The SMILES string of the molecule is CCn1ccnc1CN(CC1CC1)C1CCCCC1. The lowest BCUT2D eigenvalue weighted by Gasteiger charge is -2.34. The van der Waals surface area contributed by atoms with Gasteiger partial charge in [-0.1, -0.05) is 19.3 Å². The van der Waals surface area contributed by atoms with E-state index in [1.165, 1.54) is 57.3 Å². The van der Waals surface area contributed by atoms with Crippen LogP contribution in [0.25, 0.3) is 0 Å². The summed E-state index contributed by atoms with van der Waals surface area (Å²) >= 11 is 0. The molecule has 0 amide bonds. The first-order valence-electron chi connectivity index (χ1n) is 8.11. The third kappa shape index (κ3) is 3.38. The molecule has 0 saturated heterocycles. The quantitative estimate of drug-likeness (QED) is 0.782. The molecule has 1 heterocycles. The Morgan fingerprint density at radius 3 is 2.68 bits per heavy atom. The number of aromatic nitrogens is 2. The lowest BCUT2D eigenvalue weighted by molar-refractivity contribution is 0.136. The Bertz CT molecular complexity index is 388. The highest BCUT2D eigenvalue weighted by Crippen LogP contribution is 2.33. The van der Waals surface area contributed by atoms with Crippen molar-refractivity contribution in [3.63, 3.8) is 0 Å². The van der Waals surface area contributed by atoms with Crippen LogP contribution in [0.1, 0.15) is 57.7 Å². The highest BCUT2D eigenvalue weighted by atomic mass is 15.2. The summed E-state index contributed by atoms with van der Waals surface area (Å²) in [7, 11) is 0. The van der Waals surface area contributed by atoms with E-state index in [1.54, 1.807) is 0 Å². The van der Waals surface area contributed by atoms with Gasteiger partial charge in [0.15, 0.2) is 0 Å². The number of imidazole rings is 1. The monoisotopic (exact) mass is 261 g/mol. The second-order valence-electron chi connectivity index (χ2n) is 6.29. The number of aryl methyl sites for hydroxylation is 1. The van der Waals surface area contributed by atoms with Crippen LogP contribution < -0.4 is 0 Å². The van der Waals surface area contributed by atoms with Gasteiger partial charge in [0.05, 0.1) is 6.54 Å². The Balaban J connectivity index is 1.67. The second-order valence-corrected chi connectivity index (χ2v) is 6.29. The summed E-state index contributed by atoms with van der Waals surface area (Å²) < 4.78 is 2.29. The van der Waals surface area contributed by atoms with Gasteiger partial charge in [-0.25, -0.2) is 4.98 Å². The Hall–Kier alpha value is -0.830. The molecule has 19 heavy (non-hydrogen) atoms. The molecule has 3 rings (SSSR count). The number of rotatable bonds is 6. The lowest BCUT2D eigenvalue weighted by atomic mass is 9.94. The summed E-state index contributed by atoms with van der Waals surface area (Å²) in [6, 6.07) is 0.816. The van der Waals surface area contributed by atoms with Crippen LogP contribution in [-0.2, 0) is 13.1 Å². The van der Waals surface area contributed by atoms with E-state index in [-0.39, 0.29) is 0 Å². The first-order valence-corrected chi connectivity index (χ1v) is 8.11. The standard InChI is InChI=1S/C16H27N3/c1-2-18-11-10-17-16(18)13-19(12-14-8-9-14)15-6-4-3-5-7-15/h10-11,14-15H,2-9,12-13H2,1H3. The van der Waals surface area contributed by atoms with Crippen LogP contribution in [0.15, 0.2) is 12.4 Å². The van der Waals surface area contributed by atoms with Gasteiger partial charge in [0.1, 0.15) is 5.82 Å². The van der Waals surface area contributed by atoms with Crippen molar-refractivity contribution >= 4 is 0 Å². The van der Waals surface area contributed by atoms with E-state index < -0.39 is 0 Å². The predicted octanol–water partition coefficient (Wildman–Crippen LogP) is 3.45. The second kappa shape index (κ2) is 6.08. The Morgan fingerprint density at radius 1 is 1.21 bits per heavy atom. The molecular formula is C16H27N3. The Kier molecular flexibility index (Phi) is 4.21. The fourth-order valence-electron chi connectivity index (χ4n) is 3.38. The van der Waals surface area contributed by atoms with Crippen LogP contribution in [-0.4, -0.2) is 27.0 Å². The normalized spacial score (nSPS) is 21.2. The van der Waals surface area contributed by atoms with Crippen LogP contribution >= 0.6 is 0 Å². The fourth-order valence-corrected chi connectivity index (χ4v) is 3.38. The number of hydrogen-bond acceptors (Lipinski definition) is 2. The third-order valence-corrected chi connectivity index (χ3v) is 4.77. The van der Waals surface area contributed by atoms with Crippen LogP contribution in [0.5, 0.6) is 0 Å². The van der Waals surface area contributed by atoms with Crippen LogP contribution in [0.4, 0.5) is 0 Å². The highest BCUT2D eigenvalue weighted by Gasteiger charge is 2.29. The van der Waals surface area contributed by atoms with E-state index in [4.69, 9.17) is 0 Å². The van der Waals surface area contributed by atoms with Crippen molar-refractivity contribution in [2.24, 2.45) is 5.92 Å². The minimum Gasteiger partial charge on any atom is -0.334 e. The van der Waals surface area contributed by atoms with E-state index in [0.717, 1.165) is 25.0 Å².